The minimum absolute atomic E-state index is 0.310. The molecule has 0 spiro atoms. The Morgan fingerprint density at radius 3 is 2.69 bits per heavy atom. The number of aromatic nitrogens is 6. The highest BCUT2D eigenvalue weighted by Gasteiger charge is 2.20. The predicted octanol–water partition coefficient (Wildman–Crippen LogP) is 3.22. The van der Waals surface area contributed by atoms with Crippen molar-refractivity contribution >= 4 is 39.2 Å². The summed E-state index contributed by atoms with van der Waals surface area (Å²) in [5.41, 5.74) is 10.3. The molecule has 5 aromatic heterocycles. The van der Waals surface area contributed by atoms with Gasteiger partial charge >= 0.3 is 0 Å². The van der Waals surface area contributed by atoms with Crippen molar-refractivity contribution in [1.82, 2.24) is 34.0 Å². The SMILES string of the molecule is Nc1nc2c(ccn2CCN2CCN(c3cccc4[nH]ccc34)CC2)c2nc(-c3ccco3)nn12. The molecule has 10 nitrogen and oxygen atoms in total. The molecule has 1 aromatic carbocycles. The summed E-state index contributed by atoms with van der Waals surface area (Å²) in [6.07, 6.45) is 5.67. The number of anilines is 2. The average Bonchev–Trinajstić information content (AvgIpc) is 3.68. The Balaban J connectivity index is 1.08. The lowest BCUT2D eigenvalue weighted by Gasteiger charge is -2.36. The highest BCUT2D eigenvalue weighted by Crippen LogP contribution is 2.27. The third-order valence-electron chi connectivity index (χ3n) is 6.90. The van der Waals surface area contributed by atoms with Crippen molar-refractivity contribution in [2.75, 3.05) is 43.4 Å². The van der Waals surface area contributed by atoms with Gasteiger partial charge in [0.2, 0.25) is 11.8 Å². The fourth-order valence-electron chi connectivity index (χ4n) is 5.06. The monoisotopic (exact) mass is 467 g/mol. The zero-order valence-corrected chi connectivity index (χ0v) is 19.1. The van der Waals surface area contributed by atoms with Crippen molar-refractivity contribution in [3.63, 3.8) is 0 Å². The molecular formula is C25H25N9O. The van der Waals surface area contributed by atoms with Crippen molar-refractivity contribution in [3.8, 4) is 11.6 Å². The summed E-state index contributed by atoms with van der Waals surface area (Å²) in [6, 6.07) is 14.3. The second kappa shape index (κ2) is 7.88. The summed E-state index contributed by atoms with van der Waals surface area (Å²) in [7, 11) is 0. The first-order valence-corrected chi connectivity index (χ1v) is 11.8. The van der Waals surface area contributed by atoms with E-state index in [-0.39, 0.29) is 0 Å². The van der Waals surface area contributed by atoms with Crippen LogP contribution in [0, 0.1) is 0 Å². The van der Waals surface area contributed by atoms with Crippen LogP contribution in [0.5, 0.6) is 0 Å². The number of hydrogen-bond acceptors (Lipinski definition) is 7. The van der Waals surface area contributed by atoms with Gasteiger partial charge in [0.05, 0.1) is 11.6 Å². The molecule has 1 saturated heterocycles. The molecule has 3 N–H and O–H groups in total. The lowest BCUT2D eigenvalue weighted by atomic mass is 10.1. The van der Waals surface area contributed by atoms with E-state index in [1.54, 1.807) is 10.8 Å². The highest BCUT2D eigenvalue weighted by atomic mass is 16.3. The summed E-state index contributed by atoms with van der Waals surface area (Å²) < 4.78 is 9.18. The zero-order chi connectivity index (χ0) is 23.4. The summed E-state index contributed by atoms with van der Waals surface area (Å²) in [6.45, 7) is 5.85. The fourth-order valence-corrected chi connectivity index (χ4v) is 5.06. The van der Waals surface area contributed by atoms with Crippen LogP contribution in [0.15, 0.2) is 65.5 Å². The number of nitrogens with two attached hydrogens (primary N) is 1. The van der Waals surface area contributed by atoms with Crippen LogP contribution in [-0.4, -0.2) is 66.8 Å². The summed E-state index contributed by atoms with van der Waals surface area (Å²) in [5, 5.41) is 6.70. The number of furan rings is 1. The van der Waals surface area contributed by atoms with Crippen LogP contribution < -0.4 is 10.6 Å². The maximum Gasteiger partial charge on any atom is 0.225 e. The van der Waals surface area contributed by atoms with Gasteiger partial charge in [-0.1, -0.05) is 6.07 Å². The lowest BCUT2D eigenvalue weighted by Crippen LogP contribution is -2.47. The van der Waals surface area contributed by atoms with E-state index in [2.05, 4.69) is 64.9 Å². The third-order valence-corrected chi connectivity index (χ3v) is 6.90. The van der Waals surface area contributed by atoms with Gasteiger partial charge < -0.3 is 24.6 Å². The van der Waals surface area contributed by atoms with E-state index in [0.717, 1.165) is 50.3 Å². The van der Waals surface area contributed by atoms with Gasteiger partial charge in [0.15, 0.2) is 11.4 Å². The zero-order valence-electron chi connectivity index (χ0n) is 19.1. The maximum absolute atomic E-state index is 6.25. The molecule has 176 valence electrons. The van der Waals surface area contributed by atoms with Crippen molar-refractivity contribution in [1.29, 1.82) is 0 Å². The fraction of sp³-hybridized carbons (Fsp3) is 0.240. The first-order chi connectivity index (χ1) is 17.2. The normalized spacial score (nSPS) is 15.1. The molecule has 0 amide bonds. The molecule has 6 heterocycles. The molecule has 7 rings (SSSR count). The molecule has 1 aliphatic heterocycles. The molecule has 0 saturated carbocycles. The van der Waals surface area contributed by atoms with Gasteiger partial charge in [-0.05, 0) is 36.4 Å². The Morgan fingerprint density at radius 1 is 0.914 bits per heavy atom. The summed E-state index contributed by atoms with van der Waals surface area (Å²) in [5.74, 6) is 1.41. The molecule has 0 bridgehead atoms. The maximum atomic E-state index is 6.25. The number of rotatable bonds is 5. The molecule has 10 heteroatoms. The second-order valence-electron chi connectivity index (χ2n) is 8.91. The van der Waals surface area contributed by atoms with Gasteiger partial charge in [-0.3, -0.25) is 4.90 Å². The van der Waals surface area contributed by atoms with Gasteiger partial charge in [-0.2, -0.15) is 9.50 Å². The number of fused-ring (bicyclic) bond motifs is 4. The van der Waals surface area contributed by atoms with Crippen LogP contribution in [0.1, 0.15) is 0 Å². The second-order valence-corrected chi connectivity index (χ2v) is 8.91. The third kappa shape index (κ3) is 3.33. The Morgan fingerprint density at radius 2 is 1.83 bits per heavy atom. The largest absolute Gasteiger partial charge is 0.461 e. The average molecular weight is 468 g/mol. The van der Waals surface area contributed by atoms with E-state index in [0.29, 0.717) is 23.2 Å². The number of nitrogens with zero attached hydrogens (tertiary/aromatic N) is 7. The molecule has 35 heavy (non-hydrogen) atoms. The first kappa shape index (κ1) is 20.1. The van der Waals surface area contributed by atoms with E-state index >= 15 is 0 Å². The van der Waals surface area contributed by atoms with Crippen molar-refractivity contribution < 1.29 is 4.42 Å². The Hall–Kier alpha value is -4.31. The van der Waals surface area contributed by atoms with Gasteiger partial charge in [-0.15, -0.1) is 5.10 Å². The van der Waals surface area contributed by atoms with Gasteiger partial charge in [0, 0.05) is 68.3 Å². The molecule has 0 radical (unpaired) electrons. The number of H-pyrrole nitrogens is 1. The predicted molar refractivity (Wildman–Crippen MR) is 135 cm³/mol. The minimum atomic E-state index is 0.310. The van der Waals surface area contributed by atoms with Gasteiger partial charge in [0.1, 0.15) is 5.65 Å². The van der Waals surface area contributed by atoms with Crippen LogP contribution >= 0.6 is 0 Å². The number of nitrogen functional groups attached to an aromatic ring is 1. The van der Waals surface area contributed by atoms with Crippen molar-refractivity contribution in [2.24, 2.45) is 0 Å². The van der Waals surface area contributed by atoms with Crippen LogP contribution in [0.2, 0.25) is 0 Å². The van der Waals surface area contributed by atoms with E-state index in [1.165, 1.54) is 16.6 Å². The quantitative estimate of drug-likeness (QED) is 0.401. The Labute approximate surface area is 200 Å². The van der Waals surface area contributed by atoms with E-state index in [1.807, 2.05) is 24.4 Å². The molecule has 0 unspecified atom stereocenters. The van der Waals surface area contributed by atoms with Crippen molar-refractivity contribution in [3.05, 3.63) is 61.1 Å². The molecule has 0 aliphatic carbocycles. The Bertz CT molecular complexity index is 1630. The van der Waals surface area contributed by atoms with Crippen molar-refractivity contribution in [2.45, 2.75) is 6.54 Å². The summed E-state index contributed by atoms with van der Waals surface area (Å²) >= 11 is 0. The first-order valence-electron chi connectivity index (χ1n) is 11.8. The standard InChI is InChI=1S/C25H25N9O/c26-25-29-23-18(24-28-22(30-34(24)25)21-5-2-16-35-21)7-9-33(23)15-12-31-10-13-32(14-11-31)20-4-1-3-19-17(20)6-8-27-19/h1-9,16,27H,10-15H2,(H2,26,29). The van der Waals surface area contributed by atoms with Crippen LogP contribution in [0.3, 0.4) is 0 Å². The number of aromatic amines is 1. The smallest absolute Gasteiger partial charge is 0.225 e. The molecule has 1 fully saturated rings. The number of piperazine rings is 1. The van der Waals surface area contributed by atoms with Crippen LogP contribution in [0.4, 0.5) is 11.6 Å². The van der Waals surface area contributed by atoms with Crippen LogP contribution in [0.25, 0.3) is 39.2 Å². The topological polar surface area (TPSA) is 109 Å². The van der Waals surface area contributed by atoms with Gasteiger partial charge in [-0.25, -0.2) is 4.98 Å². The molecular weight excluding hydrogens is 442 g/mol. The number of nitrogens with one attached hydrogen (secondary N) is 1. The lowest BCUT2D eigenvalue weighted by molar-refractivity contribution is 0.249. The minimum Gasteiger partial charge on any atom is -0.461 e. The van der Waals surface area contributed by atoms with E-state index in [4.69, 9.17) is 10.2 Å². The summed E-state index contributed by atoms with van der Waals surface area (Å²) in [4.78, 5) is 17.6. The van der Waals surface area contributed by atoms with Gasteiger partial charge in [0.25, 0.3) is 0 Å². The van der Waals surface area contributed by atoms with Crippen LogP contribution in [-0.2, 0) is 6.54 Å². The van der Waals surface area contributed by atoms with E-state index < -0.39 is 0 Å². The molecule has 6 aromatic rings. The molecule has 0 atom stereocenters. The molecule has 1 aliphatic rings. The Kier molecular flexibility index (Phi) is 4.52. The highest BCUT2D eigenvalue weighted by molar-refractivity contribution is 5.93. The number of benzene rings is 1. The van der Waals surface area contributed by atoms with E-state index in [9.17, 15) is 0 Å². The number of hydrogen-bond donors (Lipinski definition) is 2.